The van der Waals surface area contributed by atoms with Crippen molar-refractivity contribution in [1.82, 2.24) is 9.78 Å². The Bertz CT molecular complexity index is 206. The van der Waals surface area contributed by atoms with Crippen molar-refractivity contribution < 1.29 is 0 Å². The first-order valence-electron chi connectivity index (χ1n) is 3.78. The summed E-state index contributed by atoms with van der Waals surface area (Å²) in [6.45, 7) is 8.02. The lowest BCUT2D eigenvalue weighted by molar-refractivity contribution is 0.731. The number of halogens is 1. The van der Waals surface area contributed by atoms with Gasteiger partial charge in [0, 0.05) is 12.7 Å². The zero-order valence-corrected chi connectivity index (χ0v) is 9.36. The Balaban J connectivity index is 0.000000461. The minimum Gasteiger partial charge on any atom is -0.272 e. The summed E-state index contributed by atoms with van der Waals surface area (Å²) in [5, 5.41) is 4.18. The van der Waals surface area contributed by atoms with Gasteiger partial charge >= 0.3 is 0 Å². The molecule has 1 rings (SSSR count). The van der Waals surface area contributed by atoms with E-state index >= 15 is 0 Å². The molecule has 0 N–H and O–H groups in total. The highest BCUT2D eigenvalue weighted by Crippen LogP contribution is 2.18. The Morgan fingerprint density at radius 3 is 1.82 bits per heavy atom. The Morgan fingerprint density at radius 1 is 1.27 bits per heavy atom. The van der Waals surface area contributed by atoms with Gasteiger partial charge in [0.2, 0.25) is 0 Å². The maximum Gasteiger partial charge on any atom is 0.0738 e. The molecule has 11 heavy (non-hydrogen) atoms. The molecule has 0 amide bonds. The van der Waals surface area contributed by atoms with Gasteiger partial charge in [-0.25, -0.2) is 0 Å². The van der Waals surface area contributed by atoms with E-state index in [1.807, 2.05) is 39.4 Å². The standard InChI is InChI=1S/C6H9BrN2.C2H6/c1-4-6(7)5(2)9(3)8-4;1-2/h1-3H3;1-2H3. The first kappa shape index (κ1) is 10.7. The van der Waals surface area contributed by atoms with Crippen LogP contribution < -0.4 is 0 Å². The van der Waals surface area contributed by atoms with Gasteiger partial charge < -0.3 is 0 Å². The minimum atomic E-state index is 1.05. The normalized spacial score (nSPS) is 8.91. The zero-order valence-electron chi connectivity index (χ0n) is 7.77. The fraction of sp³-hybridized carbons (Fsp3) is 0.625. The van der Waals surface area contributed by atoms with Crippen LogP contribution in [0, 0.1) is 13.8 Å². The number of aromatic nitrogens is 2. The number of nitrogens with zero attached hydrogens (tertiary/aromatic N) is 2. The zero-order chi connectivity index (χ0) is 9.02. The van der Waals surface area contributed by atoms with E-state index in [0.29, 0.717) is 0 Å². The summed E-state index contributed by atoms with van der Waals surface area (Å²) in [5.41, 5.74) is 2.22. The van der Waals surface area contributed by atoms with Crippen LogP contribution in [0.25, 0.3) is 0 Å². The summed E-state index contributed by atoms with van der Waals surface area (Å²) in [5.74, 6) is 0. The molecule has 0 fully saturated rings. The highest BCUT2D eigenvalue weighted by molar-refractivity contribution is 9.10. The van der Waals surface area contributed by atoms with Crippen LogP contribution in [0.2, 0.25) is 0 Å². The third kappa shape index (κ3) is 2.33. The summed E-state index contributed by atoms with van der Waals surface area (Å²) in [6.07, 6.45) is 0. The van der Waals surface area contributed by atoms with Gasteiger partial charge in [0.25, 0.3) is 0 Å². The van der Waals surface area contributed by atoms with E-state index < -0.39 is 0 Å². The Hall–Kier alpha value is -0.310. The molecule has 0 aliphatic carbocycles. The largest absolute Gasteiger partial charge is 0.272 e. The number of rotatable bonds is 0. The Labute approximate surface area is 76.7 Å². The van der Waals surface area contributed by atoms with Crippen LogP contribution in [0.3, 0.4) is 0 Å². The second-order valence-corrected chi connectivity index (χ2v) is 2.90. The molecule has 1 aromatic rings. The van der Waals surface area contributed by atoms with Gasteiger partial charge in [0.05, 0.1) is 10.2 Å². The summed E-state index contributed by atoms with van der Waals surface area (Å²) in [6, 6.07) is 0. The van der Waals surface area contributed by atoms with E-state index in [1.54, 1.807) is 0 Å². The summed E-state index contributed by atoms with van der Waals surface area (Å²) >= 11 is 3.42. The quantitative estimate of drug-likeness (QED) is 0.656. The van der Waals surface area contributed by atoms with Crippen molar-refractivity contribution in [2.24, 2.45) is 7.05 Å². The maximum absolute atomic E-state index is 4.18. The molecule has 0 unspecified atom stereocenters. The fourth-order valence-corrected chi connectivity index (χ4v) is 1.08. The van der Waals surface area contributed by atoms with E-state index in [1.165, 1.54) is 5.69 Å². The molecule has 0 aromatic carbocycles. The predicted molar refractivity (Wildman–Crippen MR) is 51.7 cm³/mol. The third-order valence-electron chi connectivity index (χ3n) is 1.42. The van der Waals surface area contributed by atoms with Gasteiger partial charge in [-0.2, -0.15) is 5.10 Å². The van der Waals surface area contributed by atoms with E-state index in [9.17, 15) is 0 Å². The summed E-state index contributed by atoms with van der Waals surface area (Å²) in [7, 11) is 1.94. The minimum absolute atomic E-state index is 1.05. The molecule has 0 aliphatic heterocycles. The average molecular weight is 219 g/mol. The van der Waals surface area contributed by atoms with Crippen LogP contribution in [-0.2, 0) is 7.05 Å². The molecular formula is C8H15BrN2. The van der Waals surface area contributed by atoms with Crippen molar-refractivity contribution in [3.8, 4) is 0 Å². The van der Waals surface area contributed by atoms with E-state index in [4.69, 9.17) is 0 Å². The first-order valence-corrected chi connectivity index (χ1v) is 4.58. The van der Waals surface area contributed by atoms with Gasteiger partial charge in [-0.1, -0.05) is 13.8 Å². The van der Waals surface area contributed by atoms with Gasteiger partial charge in [-0.15, -0.1) is 0 Å². The van der Waals surface area contributed by atoms with Crippen LogP contribution in [0.15, 0.2) is 4.47 Å². The molecule has 64 valence electrons. The smallest absolute Gasteiger partial charge is 0.0738 e. The lowest BCUT2D eigenvalue weighted by Crippen LogP contribution is -1.91. The highest BCUT2D eigenvalue weighted by atomic mass is 79.9. The highest BCUT2D eigenvalue weighted by Gasteiger charge is 2.03. The summed E-state index contributed by atoms with van der Waals surface area (Å²) < 4.78 is 2.98. The van der Waals surface area contributed by atoms with Crippen molar-refractivity contribution in [3.05, 3.63) is 15.9 Å². The third-order valence-corrected chi connectivity index (χ3v) is 2.57. The number of hydrogen-bond donors (Lipinski definition) is 0. The fourth-order valence-electron chi connectivity index (χ4n) is 0.748. The van der Waals surface area contributed by atoms with E-state index in [2.05, 4.69) is 21.0 Å². The molecule has 1 aromatic heterocycles. The molecule has 0 radical (unpaired) electrons. The topological polar surface area (TPSA) is 17.8 Å². The lowest BCUT2D eigenvalue weighted by Gasteiger charge is -1.89. The molecule has 0 bridgehead atoms. The monoisotopic (exact) mass is 218 g/mol. The average Bonchev–Trinajstić information content (AvgIpc) is 2.22. The molecule has 3 heteroatoms. The van der Waals surface area contributed by atoms with Crippen molar-refractivity contribution in [3.63, 3.8) is 0 Å². The van der Waals surface area contributed by atoms with Crippen molar-refractivity contribution in [2.45, 2.75) is 27.7 Å². The number of aryl methyl sites for hydroxylation is 2. The molecule has 2 nitrogen and oxygen atoms in total. The second kappa shape index (κ2) is 4.54. The van der Waals surface area contributed by atoms with Crippen LogP contribution >= 0.6 is 15.9 Å². The van der Waals surface area contributed by atoms with Crippen LogP contribution in [0.5, 0.6) is 0 Å². The lowest BCUT2D eigenvalue weighted by atomic mass is 10.4. The molecule has 0 saturated heterocycles. The second-order valence-electron chi connectivity index (χ2n) is 2.11. The van der Waals surface area contributed by atoms with Crippen LogP contribution in [-0.4, -0.2) is 9.78 Å². The predicted octanol–water partition coefficient (Wildman–Crippen LogP) is 2.83. The molecule has 0 saturated carbocycles. The van der Waals surface area contributed by atoms with Gasteiger partial charge in [-0.3, -0.25) is 4.68 Å². The molecule has 0 atom stereocenters. The van der Waals surface area contributed by atoms with Gasteiger partial charge in [0.1, 0.15) is 0 Å². The van der Waals surface area contributed by atoms with Crippen LogP contribution in [0.4, 0.5) is 0 Å². The molecule has 1 heterocycles. The van der Waals surface area contributed by atoms with E-state index in [-0.39, 0.29) is 0 Å². The van der Waals surface area contributed by atoms with Gasteiger partial charge in [-0.05, 0) is 29.8 Å². The van der Waals surface area contributed by atoms with Crippen LogP contribution in [0.1, 0.15) is 25.2 Å². The first-order chi connectivity index (χ1) is 5.13. The molecular weight excluding hydrogens is 204 g/mol. The molecule has 0 aliphatic rings. The van der Waals surface area contributed by atoms with E-state index in [0.717, 1.165) is 10.2 Å². The van der Waals surface area contributed by atoms with Crippen molar-refractivity contribution in [2.75, 3.05) is 0 Å². The Morgan fingerprint density at radius 2 is 1.73 bits per heavy atom. The Kier molecular flexibility index (Phi) is 4.42. The maximum atomic E-state index is 4.18. The van der Waals surface area contributed by atoms with Crippen molar-refractivity contribution in [1.29, 1.82) is 0 Å². The molecule has 0 spiro atoms. The summed E-state index contributed by atoms with van der Waals surface area (Å²) in [4.78, 5) is 0. The number of hydrogen-bond acceptors (Lipinski definition) is 1. The van der Waals surface area contributed by atoms with Gasteiger partial charge in [0.15, 0.2) is 0 Å². The SMILES string of the molecule is CC.Cc1nn(C)c(C)c1Br. The van der Waals surface area contributed by atoms with Crippen molar-refractivity contribution >= 4 is 15.9 Å².